The van der Waals surface area contributed by atoms with Crippen LogP contribution < -0.4 is 10.6 Å². The summed E-state index contributed by atoms with van der Waals surface area (Å²) in [6.45, 7) is 1.61. The van der Waals surface area contributed by atoms with Crippen LogP contribution >= 0.6 is 0 Å². The van der Waals surface area contributed by atoms with E-state index in [-0.39, 0.29) is 48.5 Å². The highest BCUT2D eigenvalue weighted by molar-refractivity contribution is 6.22. The van der Waals surface area contributed by atoms with Gasteiger partial charge < -0.3 is 35.6 Å². The Kier molecular flexibility index (Phi) is 5.95. The van der Waals surface area contributed by atoms with E-state index in [1.165, 1.54) is 6.92 Å². The van der Waals surface area contributed by atoms with Crippen LogP contribution in [0.25, 0.3) is 5.76 Å². The van der Waals surface area contributed by atoms with Crippen LogP contribution in [-0.4, -0.2) is 67.9 Å². The average molecular weight is 536 g/mol. The molecule has 0 spiro atoms. The topological polar surface area (TPSA) is 183 Å². The molecule has 0 saturated heterocycles. The molecule has 6 N–H and O–H groups in total. The van der Waals surface area contributed by atoms with E-state index in [1.807, 2.05) is 4.90 Å². The molecule has 1 amide bonds. The maximum Gasteiger partial charge on any atom is 0.255 e. The number of rotatable bonds is 5. The number of phenolic OH excluding ortho intramolecular Hbond substituents is 1. The molecule has 5 rings (SSSR count). The summed E-state index contributed by atoms with van der Waals surface area (Å²) in [6, 6.07) is 3.43. The number of aromatic nitrogens is 1. The number of phenols is 1. The van der Waals surface area contributed by atoms with Crippen LogP contribution in [0.15, 0.2) is 41.4 Å². The Hall–Kier alpha value is -4.38. The zero-order chi connectivity index (χ0) is 28.5. The zero-order valence-electron chi connectivity index (χ0n) is 21.7. The fraction of sp³-hybridized carbons (Fsp3) is 0.357. The highest BCUT2D eigenvalue weighted by atomic mass is 16.3. The number of fused-ring (bicyclic) bond motifs is 3. The molecule has 3 aliphatic carbocycles. The number of nitrogens with two attached hydrogens (primary N) is 1. The first kappa shape index (κ1) is 26.2. The van der Waals surface area contributed by atoms with Crippen molar-refractivity contribution in [2.45, 2.75) is 38.3 Å². The third-order valence-corrected chi connectivity index (χ3v) is 8.11. The van der Waals surface area contributed by atoms with E-state index in [1.54, 1.807) is 43.2 Å². The van der Waals surface area contributed by atoms with E-state index in [0.29, 0.717) is 22.4 Å². The number of benzene rings is 1. The molecule has 1 aromatic carbocycles. The second-order valence-electron chi connectivity index (χ2n) is 10.7. The third-order valence-electron chi connectivity index (χ3n) is 8.11. The largest absolute Gasteiger partial charge is 0.508 e. The highest BCUT2D eigenvalue weighted by Crippen LogP contribution is 2.53. The summed E-state index contributed by atoms with van der Waals surface area (Å²) in [5, 5.41) is 44.9. The van der Waals surface area contributed by atoms with Gasteiger partial charge in [0.1, 0.15) is 22.8 Å². The molecule has 39 heavy (non-hydrogen) atoms. The van der Waals surface area contributed by atoms with Gasteiger partial charge in [0.05, 0.1) is 12.1 Å². The Morgan fingerprint density at radius 3 is 2.46 bits per heavy atom. The summed E-state index contributed by atoms with van der Waals surface area (Å²) in [5.74, 6) is -6.72. The average Bonchev–Trinajstić information content (AvgIpc) is 3.31. The van der Waals surface area contributed by atoms with Crippen molar-refractivity contribution in [1.29, 1.82) is 0 Å². The summed E-state index contributed by atoms with van der Waals surface area (Å²) < 4.78 is 1.71. The molecule has 2 aromatic rings. The second-order valence-corrected chi connectivity index (χ2v) is 10.7. The lowest BCUT2D eigenvalue weighted by Gasteiger charge is -2.46. The minimum atomic E-state index is -2.61. The van der Waals surface area contributed by atoms with Crippen LogP contribution in [0.2, 0.25) is 0 Å². The number of primary amides is 1. The standard InChI is InChI=1S/C28H29N3O8/c1-12(32)13-4-5-31(10-13)11-15-8-18(30(2)3)17-7-14-6-16-9-19(33)22(27(29)38)26(37)28(16,39)25(36)20(14)24(35)21(17)23(15)34/h4-5,8,10,14,16,34-35,37,39H,6-7,9,11H2,1-3H3,(H2,29,38)/t14-,16+,28+/m1/s1. The highest BCUT2D eigenvalue weighted by Gasteiger charge is 2.60. The van der Waals surface area contributed by atoms with Crippen molar-refractivity contribution in [3.63, 3.8) is 0 Å². The molecule has 1 fully saturated rings. The lowest BCUT2D eigenvalue weighted by Crippen LogP contribution is -2.58. The van der Waals surface area contributed by atoms with E-state index in [2.05, 4.69) is 0 Å². The Morgan fingerprint density at radius 2 is 1.87 bits per heavy atom. The van der Waals surface area contributed by atoms with Gasteiger partial charge in [0.15, 0.2) is 17.2 Å². The van der Waals surface area contributed by atoms with Gasteiger partial charge in [-0.1, -0.05) is 0 Å². The molecule has 0 radical (unpaired) electrons. The van der Waals surface area contributed by atoms with Gasteiger partial charge in [-0.2, -0.15) is 0 Å². The summed E-state index contributed by atoms with van der Waals surface area (Å²) in [7, 11) is 3.60. The lowest BCUT2D eigenvalue weighted by atomic mass is 9.59. The van der Waals surface area contributed by atoms with Gasteiger partial charge in [0.2, 0.25) is 5.78 Å². The van der Waals surface area contributed by atoms with Crippen molar-refractivity contribution in [3.8, 4) is 5.75 Å². The predicted molar refractivity (Wildman–Crippen MR) is 139 cm³/mol. The summed E-state index contributed by atoms with van der Waals surface area (Å²) in [6.07, 6.45) is 3.24. The first-order valence-corrected chi connectivity index (χ1v) is 12.5. The molecular formula is C28H29N3O8. The number of aliphatic hydroxyl groups is 3. The smallest absolute Gasteiger partial charge is 0.255 e. The normalized spacial score (nSPS) is 24.3. The minimum Gasteiger partial charge on any atom is -0.508 e. The number of hydrogen-bond acceptors (Lipinski definition) is 9. The summed E-state index contributed by atoms with van der Waals surface area (Å²) >= 11 is 0. The molecule has 1 aromatic heterocycles. The number of carbonyl (C=O) groups excluding carboxylic acids is 4. The Balaban J connectivity index is 1.67. The molecule has 3 aliphatic rings. The first-order chi connectivity index (χ1) is 18.3. The van der Waals surface area contributed by atoms with Crippen LogP contribution in [0.3, 0.4) is 0 Å². The van der Waals surface area contributed by atoms with E-state index >= 15 is 0 Å². The van der Waals surface area contributed by atoms with Gasteiger partial charge in [-0.15, -0.1) is 0 Å². The fourth-order valence-electron chi connectivity index (χ4n) is 6.19. The van der Waals surface area contributed by atoms with Crippen LogP contribution in [0.5, 0.6) is 5.75 Å². The number of aromatic hydroxyl groups is 1. The number of anilines is 1. The van der Waals surface area contributed by atoms with Gasteiger partial charge >= 0.3 is 0 Å². The predicted octanol–water partition coefficient (Wildman–Crippen LogP) is 1.54. The van der Waals surface area contributed by atoms with E-state index < -0.39 is 52.0 Å². The number of aliphatic hydroxyl groups excluding tert-OH is 2. The number of ketones is 3. The van der Waals surface area contributed by atoms with Crippen molar-refractivity contribution in [2.24, 2.45) is 17.6 Å². The van der Waals surface area contributed by atoms with Crippen molar-refractivity contribution >= 4 is 34.7 Å². The van der Waals surface area contributed by atoms with Crippen LogP contribution in [0.1, 0.15) is 46.8 Å². The van der Waals surface area contributed by atoms with E-state index in [4.69, 9.17) is 5.73 Å². The molecule has 0 aliphatic heterocycles. The minimum absolute atomic E-state index is 0.0299. The second kappa shape index (κ2) is 8.84. The fourth-order valence-corrected chi connectivity index (χ4v) is 6.19. The molecular weight excluding hydrogens is 506 g/mol. The van der Waals surface area contributed by atoms with E-state index in [9.17, 15) is 39.6 Å². The number of amides is 1. The Morgan fingerprint density at radius 1 is 1.18 bits per heavy atom. The number of hydrogen-bond donors (Lipinski definition) is 5. The van der Waals surface area contributed by atoms with Gasteiger partial charge in [-0.3, -0.25) is 19.2 Å². The lowest BCUT2D eigenvalue weighted by molar-refractivity contribution is -0.147. The van der Waals surface area contributed by atoms with E-state index in [0.717, 1.165) is 0 Å². The van der Waals surface area contributed by atoms with Crippen molar-refractivity contribution in [3.05, 3.63) is 63.7 Å². The first-order valence-electron chi connectivity index (χ1n) is 12.5. The van der Waals surface area contributed by atoms with Crippen LogP contribution in [-0.2, 0) is 27.3 Å². The Labute approximate surface area is 223 Å². The summed E-state index contributed by atoms with van der Waals surface area (Å²) in [4.78, 5) is 51.6. The molecule has 3 atom stereocenters. The maximum atomic E-state index is 13.7. The Bertz CT molecular complexity index is 1550. The molecule has 1 heterocycles. The maximum absolute atomic E-state index is 13.7. The SMILES string of the molecule is CC(=O)c1ccn(Cc2cc(N(C)C)c3c(c2O)C(O)=C2C(=O)[C@]4(O)C(O)=C(C(N)=O)C(=O)C[C@@H]4C[C@@H]2C3)c1. The molecule has 11 heteroatoms. The quantitative estimate of drug-likeness (QED) is 0.280. The van der Waals surface area contributed by atoms with Gasteiger partial charge in [0, 0.05) is 61.2 Å². The van der Waals surface area contributed by atoms with Gasteiger partial charge in [-0.25, -0.2) is 0 Å². The summed E-state index contributed by atoms with van der Waals surface area (Å²) in [5.41, 5.74) is 3.83. The third kappa shape index (κ3) is 3.75. The van der Waals surface area contributed by atoms with Crippen molar-refractivity contribution < 1.29 is 39.6 Å². The zero-order valence-corrected chi connectivity index (χ0v) is 21.7. The molecule has 1 saturated carbocycles. The number of carbonyl (C=O) groups is 4. The van der Waals surface area contributed by atoms with Gasteiger partial charge in [0.25, 0.3) is 5.91 Å². The van der Waals surface area contributed by atoms with Gasteiger partial charge in [-0.05, 0) is 43.4 Å². The molecule has 11 nitrogen and oxygen atoms in total. The monoisotopic (exact) mass is 535 g/mol. The number of Topliss-reactive ketones (excluding diaryl/α,β-unsaturated/α-hetero) is 3. The molecule has 0 unspecified atom stereocenters. The van der Waals surface area contributed by atoms with Crippen LogP contribution in [0, 0.1) is 11.8 Å². The molecule has 204 valence electrons. The number of nitrogens with zero attached hydrogens (tertiary/aromatic N) is 2. The van der Waals surface area contributed by atoms with Crippen molar-refractivity contribution in [1.82, 2.24) is 4.57 Å². The van der Waals surface area contributed by atoms with Crippen molar-refractivity contribution in [2.75, 3.05) is 19.0 Å². The van der Waals surface area contributed by atoms with Crippen LogP contribution in [0.4, 0.5) is 5.69 Å². The molecule has 0 bridgehead atoms.